The second-order valence-corrected chi connectivity index (χ2v) is 5.49. The lowest BCUT2D eigenvalue weighted by Crippen LogP contribution is -2.22. The minimum atomic E-state index is -1.06. The molecule has 6 nitrogen and oxygen atoms in total. The first-order valence-electron chi connectivity index (χ1n) is 7.30. The number of carbonyl (C=O) groups is 2. The Morgan fingerprint density at radius 2 is 1.81 bits per heavy atom. The van der Waals surface area contributed by atoms with Gasteiger partial charge in [-0.2, -0.15) is 0 Å². The van der Waals surface area contributed by atoms with Gasteiger partial charge in [0.15, 0.2) is 0 Å². The zero-order chi connectivity index (χ0) is 19.3. The summed E-state index contributed by atoms with van der Waals surface area (Å²) >= 11 is 5.88. The van der Waals surface area contributed by atoms with Gasteiger partial charge in [0, 0.05) is 11.1 Å². The highest BCUT2D eigenvalue weighted by Gasteiger charge is 2.17. The quantitative estimate of drug-likeness (QED) is 0.746. The third-order valence-corrected chi connectivity index (χ3v) is 3.57. The number of methoxy groups -OCH3 is 2. The van der Waals surface area contributed by atoms with E-state index in [0.29, 0.717) is 22.5 Å². The summed E-state index contributed by atoms with van der Waals surface area (Å²) in [5.74, 6) is -3.12. The molecular formula is C17H15ClF2N2O4. The Morgan fingerprint density at radius 3 is 2.46 bits per heavy atom. The van der Waals surface area contributed by atoms with Crippen LogP contribution in [0.1, 0.15) is 10.4 Å². The first kappa shape index (κ1) is 19.5. The molecule has 0 saturated heterocycles. The van der Waals surface area contributed by atoms with E-state index in [2.05, 4.69) is 15.4 Å². The zero-order valence-electron chi connectivity index (χ0n) is 13.9. The number of halogens is 3. The van der Waals surface area contributed by atoms with Crippen molar-refractivity contribution in [1.82, 2.24) is 0 Å². The van der Waals surface area contributed by atoms with Gasteiger partial charge in [0.05, 0.1) is 37.7 Å². The smallest absolute Gasteiger partial charge is 0.340 e. The van der Waals surface area contributed by atoms with E-state index in [-0.39, 0.29) is 12.2 Å². The largest absolute Gasteiger partial charge is 0.495 e. The molecule has 0 aromatic heterocycles. The van der Waals surface area contributed by atoms with E-state index in [1.54, 1.807) is 12.1 Å². The number of anilines is 2. The number of hydrogen-bond donors (Lipinski definition) is 2. The van der Waals surface area contributed by atoms with Gasteiger partial charge in [0.1, 0.15) is 17.4 Å². The molecule has 26 heavy (non-hydrogen) atoms. The minimum absolute atomic E-state index is 0.222. The second-order valence-electron chi connectivity index (χ2n) is 5.05. The van der Waals surface area contributed by atoms with E-state index in [1.165, 1.54) is 13.2 Å². The van der Waals surface area contributed by atoms with Crippen LogP contribution in [-0.2, 0) is 9.53 Å². The van der Waals surface area contributed by atoms with E-state index in [9.17, 15) is 18.4 Å². The van der Waals surface area contributed by atoms with Crippen LogP contribution in [0.3, 0.4) is 0 Å². The van der Waals surface area contributed by atoms with Crippen LogP contribution in [0.4, 0.5) is 20.2 Å². The number of rotatable bonds is 6. The molecule has 2 N–H and O–H groups in total. The molecule has 2 aromatic carbocycles. The molecule has 9 heteroatoms. The van der Waals surface area contributed by atoms with Gasteiger partial charge in [-0.1, -0.05) is 11.6 Å². The number of esters is 1. The average molecular weight is 385 g/mol. The Labute approximate surface area is 153 Å². The lowest BCUT2D eigenvalue weighted by Gasteiger charge is -2.12. The minimum Gasteiger partial charge on any atom is -0.495 e. The van der Waals surface area contributed by atoms with E-state index in [1.807, 2.05) is 0 Å². The van der Waals surface area contributed by atoms with Crippen molar-refractivity contribution in [2.75, 3.05) is 31.4 Å². The third kappa shape index (κ3) is 4.60. The lowest BCUT2D eigenvalue weighted by molar-refractivity contribution is -0.114. The molecule has 0 fully saturated rings. The van der Waals surface area contributed by atoms with Crippen LogP contribution in [0.15, 0.2) is 30.3 Å². The van der Waals surface area contributed by atoms with Gasteiger partial charge in [0.25, 0.3) is 0 Å². The van der Waals surface area contributed by atoms with Crippen molar-refractivity contribution < 1.29 is 27.8 Å². The molecule has 2 aromatic rings. The standard InChI is InChI=1S/C17H15ClF2N2O4/c1-25-15-4-3-9(18)5-14(15)22-16(23)8-21-13-6-10(17(24)26-2)11(19)7-12(13)20/h3-7,21H,8H2,1-2H3,(H,22,23). The molecule has 2 rings (SSSR count). The highest BCUT2D eigenvalue weighted by atomic mass is 35.5. The molecule has 0 unspecified atom stereocenters. The van der Waals surface area contributed by atoms with E-state index in [0.717, 1.165) is 13.2 Å². The highest BCUT2D eigenvalue weighted by Crippen LogP contribution is 2.27. The van der Waals surface area contributed by atoms with Crippen molar-refractivity contribution in [2.24, 2.45) is 0 Å². The average Bonchev–Trinajstić information content (AvgIpc) is 2.60. The van der Waals surface area contributed by atoms with E-state index < -0.39 is 29.1 Å². The molecule has 0 aliphatic carbocycles. The van der Waals surface area contributed by atoms with Crippen LogP contribution in [-0.4, -0.2) is 32.6 Å². The topological polar surface area (TPSA) is 76.7 Å². The number of nitrogens with one attached hydrogen (secondary N) is 2. The number of carbonyl (C=O) groups excluding carboxylic acids is 2. The molecule has 0 spiro atoms. The van der Waals surface area contributed by atoms with Gasteiger partial charge >= 0.3 is 5.97 Å². The fourth-order valence-electron chi connectivity index (χ4n) is 2.10. The molecule has 0 radical (unpaired) electrons. The molecule has 0 heterocycles. The van der Waals surface area contributed by atoms with Crippen LogP contribution in [0.5, 0.6) is 5.75 Å². The van der Waals surface area contributed by atoms with Gasteiger partial charge in [-0.05, 0) is 24.3 Å². The molecule has 138 valence electrons. The van der Waals surface area contributed by atoms with E-state index >= 15 is 0 Å². The predicted molar refractivity (Wildman–Crippen MR) is 92.8 cm³/mol. The molecular weight excluding hydrogens is 370 g/mol. The van der Waals surface area contributed by atoms with Crippen LogP contribution < -0.4 is 15.4 Å². The number of hydrogen-bond acceptors (Lipinski definition) is 5. The first-order chi connectivity index (χ1) is 12.3. The maximum absolute atomic E-state index is 13.8. The zero-order valence-corrected chi connectivity index (χ0v) is 14.6. The molecule has 0 aliphatic rings. The number of benzene rings is 2. The third-order valence-electron chi connectivity index (χ3n) is 3.34. The van der Waals surface area contributed by atoms with Crippen molar-refractivity contribution >= 4 is 34.9 Å². The van der Waals surface area contributed by atoms with Crippen molar-refractivity contribution in [3.8, 4) is 5.75 Å². The predicted octanol–water partition coefficient (Wildman–Crippen LogP) is 3.46. The Balaban J connectivity index is 2.10. The fraction of sp³-hybridized carbons (Fsp3) is 0.176. The van der Waals surface area contributed by atoms with Crippen molar-refractivity contribution in [1.29, 1.82) is 0 Å². The van der Waals surface area contributed by atoms with E-state index in [4.69, 9.17) is 16.3 Å². The van der Waals surface area contributed by atoms with Crippen molar-refractivity contribution in [3.05, 3.63) is 52.6 Å². The monoisotopic (exact) mass is 384 g/mol. The Bertz CT molecular complexity index is 846. The van der Waals surface area contributed by atoms with Crippen LogP contribution in [0, 0.1) is 11.6 Å². The summed E-state index contributed by atoms with van der Waals surface area (Å²) in [5, 5.41) is 5.44. The Hall–Kier alpha value is -2.87. The van der Waals surface area contributed by atoms with Gasteiger partial charge in [0.2, 0.25) is 5.91 Å². The van der Waals surface area contributed by atoms with Crippen molar-refractivity contribution in [2.45, 2.75) is 0 Å². The Morgan fingerprint density at radius 1 is 1.08 bits per heavy atom. The fourth-order valence-corrected chi connectivity index (χ4v) is 2.27. The normalized spacial score (nSPS) is 10.2. The van der Waals surface area contributed by atoms with Gasteiger partial charge < -0.3 is 20.1 Å². The van der Waals surface area contributed by atoms with Crippen LogP contribution >= 0.6 is 11.6 Å². The summed E-state index contributed by atoms with van der Waals surface area (Å²) in [6.07, 6.45) is 0. The summed E-state index contributed by atoms with van der Waals surface area (Å²) in [5.41, 5.74) is -0.338. The molecule has 0 saturated carbocycles. The number of ether oxygens (including phenoxy) is 2. The summed E-state index contributed by atoms with van der Waals surface area (Å²) in [7, 11) is 2.50. The summed E-state index contributed by atoms with van der Waals surface area (Å²) in [6, 6.07) is 6.13. The van der Waals surface area contributed by atoms with Gasteiger partial charge in [-0.15, -0.1) is 0 Å². The summed E-state index contributed by atoms with van der Waals surface area (Å²) in [6.45, 7) is -0.348. The van der Waals surface area contributed by atoms with Crippen LogP contribution in [0.2, 0.25) is 5.02 Å². The van der Waals surface area contributed by atoms with Gasteiger partial charge in [-0.3, -0.25) is 4.79 Å². The number of amides is 1. The summed E-state index contributed by atoms with van der Waals surface area (Å²) in [4.78, 5) is 23.5. The molecule has 0 atom stereocenters. The highest BCUT2D eigenvalue weighted by molar-refractivity contribution is 6.31. The summed E-state index contributed by atoms with van der Waals surface area (Å²) < 4.78 is 36.9. The molecule has 1 amide bonds. The molecule has 0 aliphatic heterocycles. The maximum atomic E-state index is 13.8. The SMILES string of the molecule is COC(=O)c1cc(NCC(=O)Nc2cc(Cl)ccc2OC)c(F)cc1F. The van der Waals surface area contributed by atoms with Crippen molar-refractivity contribution in [3.63, 3.8) is 0 Å². The molecule has 0 bridgehead atoms. The Kier molecular flexibility index (Phi) is 6.35. The first-order valence-corrected chi connectivity index (χ1v) is 7.68. The lowest BCUT2D eigenvalue weighted by atomic mass is 10.1. The van der Waals surface area contributed by atoms with Crippen LogP contribution in [0.25, 0.3) is 0 Å². The maximum Gasteiger partial charge on any atom is 0.340 e. The second kappa shape index (κ2) is 8.48. The van der Waals surface area contributed by atoms with Gasteiger partial charge in [-0.25, -0.2) is 13.6 Å².